The molecule has 0 saturated heterocycles. The molecular weight excluding hydrogens is 1740 g/mol. The lowest BCUT2D eigenvalue weighted by atomic mass is 9.95. The first-order chi connectivity index (χ1) is 67.9. The van der Waals surface area contributed by atoms with Crippen molar-refractivity contribution in [3.63, 3.8) is 0 Å². The van der Waals surface area contributed by atoms with Gasteiger partial charge in [-0.2, -0.15) is 0 Å². The van der Waals surface area contributed by atoms with Crippen molar-refractivity contribution in [2.45, 2.75) is 0 Å². The van der Waals surface area contributed by atoms with Gasteiger partial charge in [0.2, 0.25) is 0 Å². The van der Waals surface area contributed by atoms with Crippen LogP contribution in [-0.4, -0.2) is 39.9 Å². The highest BCUT2D eigenvalue weighted by molar-refractivity contribution is 7.28. The molecule has 0 aliphatic heterocycles. The highest BCUT2D eigenvalue weighted by atomic mass is 32.1. The van der Waals surface area contributed by atoms with Crippen molar-refractivity contribution in [3.8, 4) is 79.3 Å². The molecule has 13 heteroatoms. The van der Waals surface area contributed by atoms with Crippen LogP contribution in [0.15, 0.2) is 443 Å². The van der Waals surface area contributed by atoms with Crippen molar-refractivity contribution in [2.24, 2.45) is 0 Å². The molecule has 0 N–H and O–H groups in total. The largest absolute Gasteiger partial charge is 0.311 e. The Kier molecular flexibility index (Phi) is 19.2. The molecule has 0 saturated carbocycles. The summed E-state index contributed by atoms with van der Waals surface area (Å²) in [6.45, 7) is 0. The molecular formula is C124H73N9S4. The minimum Gasteiger partial charge on any atom is -0.311 e. The van der Waals surface area contributed by atoms with Gasteiger partial charge in [0.25, 0.3) is 0 Å². The van der Waals surface area contributed by atoms with Crippen LogP contribution in [0.4, 0.5) is 17.1 Å². The van der Waals surface area contributed by atoms with E-state index in [1.807, 2.05) is 52.2 Å². The summed E-state index contributed by atoms with van der Waals surface area (Å²) in [4.78, 5) is 44.5. The second-order valence-electron chi connectivity index (χ2n) is 34.5. The number of rotatable bonds is 10. The van der Waals surface area contributed by atoms with Crippen molar-refractivity contribution in [3.05, 3.63) is 443 Å². The summed E-state index contributed by atoms with van der Waals surface area (Å²) < 4.78 is 10.1. The van der Waals surface area contributed by atoms with Gasteiger partial charge in [0, 0.05) is 148 Å². The fourth-order valence-corrected chi connectivity index (χ4v) is 25.2. The predicted molar refractivity (Wildman–Crippen MR) is 584 cm³/mol. The summed E-state index contributed by atoms with van der Waals surface area (Å²) in [5, 5.41) is 25.1. The van der Waals surface area contributed by atoms with Gasteiger partial charge in [0.05, 0.1) is 49.4 Å². The maximum Gasteiger partial charge on any atom is 0.180 e. The normalized spacial score (nSPS) is 11.8. The quantitative estimate of drug-likeness (QED) is 0.124. The average Bonchev–Trinajstić information content (AvgIpc) is 1.66. The van der Waals surface area contributed by atoms with E-state index in [2.05, 4.69) is 430 Å². The van der Waals surface area contributed by atoms with Crippen LogP contribution in [0.25, 0.3) is 258 Å². The van der Waals surface area contributed by atoms with Crippen LogP contribution in [0, 0.1) is 0 Å². The first-order valence-electron chi connectivity index (χ1n) is 45.8. The summed E-state index contributed by atoms with van der Waals surface area (Å²) in [6.07, 6.45) is 0. The zero-order chi connectivity index (χ0) is 90.1. The van der Waals surface area contributed by atoms with E-state index in [1.54, 1.807) is 11.3 Å². The van der Waals surface area contributed by atoms with Gasteiger partial charge < -0.3 is 4.90 Å². The summed E-state index contributed by atoms with van der Waals surface area (Å²) in [5.41, 5.74) is 18.9. The highest BCUT2D eigenvalue weighted by Gasteiger charge is 2.26. The Morgan fingerprint density at radius 3 is 1.12 bits per heavy atom. The van der Waals surface area contributed by atoms with E-state index in [0.29, 0.717) is 11.6 Å². The number of pyridine rings is 2. The summed E-state index contributed by atoms with van der Waals surface area (Å²) in [5.74, 6) is 2.01. The Hall–Kier alpha value is -17.0. The van der Waals surface area contributed by atoms with Gasteiger partial charge in [-0.1, -0.05) is 340 Å². The lowest BCUT2D eigenvalue weighted by Crippen LogP contribution is -2.09. The fourth-order valence-electron chi connectivity index (χ4n) is 20.2. The molecule has 638 valence electrons. The third-order valence-corrected chi connectivity index (χ3v) is 31.3. The van der Waals surface area contributed by atoms with E-state index in [1.165, 1.54) is 119 Å². The molecule has 0 spiro atoms. The summed E-state index contributed by atoms with van der Waals surface area (Å²) in [6, 6.07) is 156. The van der Waals surface area contributed by atoms with Crippen LogP contribution < -0.4 is 4.90 Å². The van der Waals surface area contributed by atoms with Crippen LogP contribution in [0.1, 0.15) is 0 Å². The molecule has 0 unspecified atom stereocenters. The van der Waals surface area contributed by atoms with Crippen LogP contribution in [0.3, 0.4) is 0 Å². The molecule has 0 aliphatic rings. The molecule has 0 aliphatic carbocycles. The first kappa shape index (κ1) is 79.7. The third-order valence-electron chi connectivity index (χ3n) is 26.6. The standard InChI is InChI=1S/C45H28N4S.C41H23N3S2.C38H22N2S/c1-3-13-30(14-4-1)49(31-15-5-2-6-16-31)32-25-23-29(24-26-32)42-37-20-9-11-21-38(37)47-45(48-42)43-35-19-8-7-18-34(35)41-39(46-43)28-27-36-33-17-10-12-22-40(33)50-44(36)41;1-2-11-24(12-3-1)25-13-10-14-26(23-25)36-40-37(31-18-7-9-20-34(31)46-40)44-41(43-36)38-29-17-5-4-16-28(29)35-32(42-38)22-21-30-27-15-6-8-19-33(27)45-39(30)35;1-2-10-24-21-26(18-17-23(24)9-1)36-31-14-5-7-15-33(31)39-38(40-36)32-22-25-19-20-30-28-12-6-8-16-34(28)41-37(30)35(25)29-13-4-3-11-27(29)32/h1-28H;1-23H;1-22H. The second-order valence-corrected chi connectivity index (χ2v) is 38.8. The number of aromatic nitrogens is 8. The number of para-hydroxylation sites is 4. The molecule has 9 nitrogen and oxygen atoms in total. The summed E-state index contributed by atoms with van der Waals surface area (Å²) in [7, 11) is 0. The molecule has 9 aromatic heterocycles. The van der Waals surface area contributed by atoms with Gasteiger partial charge in [-0.05, 0) is 152 Å². The molecule has 29 rings (SSSR count). The zero-order valence-electron chi connectivity index (χ0n) is 73.3. The summed E-state index contributed by atoms with van der Waals surface area (Å²) >= 11 is 7.31. The molecule has 20 aromatic carbocycles. The number of nitrogens with zero attached hydrogens (tertiary/aromatic N) is 9. The predicted octanol–water partition coefficient (Wildman–Crippen LogP) is 35.2. The fraction of sp³-hybridized carbons (Fsp3) is 0. The Balaban J connectivity index is 0.000000104. The minimum atomic E-state index is 0.618. The third kappa shape index (κ3) is 13.7. The first-order valence-corrected chi connectivity index (χ1v) is 49.1. The van der Waals surface area contributed by atoms with Crippen LogP contribution in [0.2, 0.25) is 0 Å². The molecule has 0 radical (unpaired) electrons. The van der Waals surface area contributed by atoms with Crippen LogP contribution in [0.5, 0.6) is 0 Å². The number of fused-ring (bicyclic) bond motifs is 27. The second kappa shape index (κ2) is 33.0. The minimum absolute atomic E-state index is 0.618. The lowest BCUT2D eigenvalue weighted by molar-refractivity contribution is 1.20. The monoisotopic (exact) mass is 1820 g/mol. The Morgan fingerprint density at radius 2 is 0.547 bits per heavy atom. The van der Waals surface area contributed by atoms with Gasteiger partial charge in [-0.3, -0.25) is 0 Å². The smallest absolute Gasteiger partial charge is 0.180 e. The molecule has 9 heterocycles. The van der Waals surface area contributed by atoms with Crippen molar-refractivity contribution >= 4 is 241 Å². The number of anilines is 3. The Morgan fingerprint density at radius 1 is 0.168 bits per heavy atom. The molecule has 0 bridgehead atoms. The van der Waals surface area contributed by atoms with Crippen molar-refractivity contribution in [1.29, 1.82) is 0 Å². The maximum atomic E-state index is 5.36. The van der Waals surface area contributed by atoms with E-state index < -0.39 is 0 Å². The molecule has 137 heavy (non-hydrogen) atoms. The Bertz CT molecular complexity index is 9930. The van der Waals surface area contributed by atoms with Gasteiger partial charge in [0.15, 0.2) is 17.5 Å². The average molecular weight is 1820 g/mol. The number of hydrogen-bond acceptors (Lipinski definition) is 13. The molecule has 0 fully saturated rings. The van der Waals surface area contributed by atoms with Gasteiger partial charge in [-0.15, -0.1) is 45.3 Å². The van der Waals surface area contributed by atoms with E-state index in [-0.39, 0.29) is 0 Å². The van der Waals surface area contributed by atoms with Gasteiger partial charge in [-0.25, -0.2) is 39.9 Å². The molecule has 0 atom stereocenters. The number of thiophene rings is 4. The van der Waals surface area contributed by atoms with Gasteiger partial charge >= 0.3 is 0 Å². The van der Waals surface area contributed by atoms with Crippen molar-refractivity contribution < 1.29 is 0 Å². The lowest BCUT2D eigenvalue weighted by Gasteiger charge is -2.25. The van der Waals surface area contributed by atoms with Crippen LogP contribution in [-0.2, 0) is 0 Å². The van der Waals surface area contributed by atoms with Gasteiger partial charge in [0.1, 0.15) is 11.4 Å². The highest BCUT2D eigenvalue weighted by Crippen LogP contribution is 2.50. The van der Waals surface area contributed by atoms with Crippen LogP contribution >= 0.6 is 45.3 Å². The van der Waals surface area contributed by atoms with E-state index in [9.17, 15) is 0 Å². The van der Waals surface area contributed by atoms with E-state index in [4.69, 9.17) is 39.9 Å². The Labute approximate surface area is 801 Å². The van der Waals surface area contributed by atoms with E-state index in [0.717, 1.165) is 144 Å². The zero-order valence-corrected chi connectivity index (χ0v) is 76.6. The molecule has 0 amide bonds. The topological polar surface area (TPSA) is 106 Å². The van der Waals surface area contributed by atoms with Crippen molar-refractivity contribution in [1.82, 2.24) is 39.9 Å². The number of benzene rings is 20. The van der Waals surface area contributed by atoms with E-state index >= 15 is 0 Å². The van der Waals surface area contributed by atoms with Crippen molar-refractivity contribution in [2.75, 3.05) is 4.90 Å². The maximum absolute atomic E-state index is 5.36. The SMILES string of the molecule is c1ccc(-c2cccc(-c3nc(-c4nc5ccc6c7ccccc7sc6c5c5ccccc45)nc4c3sc3ccccc34)c2)cc1.c1ccc(N(c2ccccc2)c2ccc(-c3nc(-c4nc5ccc6c7ccccc7sc6c5c5ccccc45)nc4ccccc34)cc2)cc1.c1ccc2cc(-c3nc(-c4cc5ccc6c7ccccc7sc6c5c5ccccc45)nc4ccccc34)ccc2c1. The number of hydrogen-bond donors (Lipinski definition) is 0. The molecule has 29 aromatic rings.